The van der Waals surface area contributed by atoms with Gasteiger partial charge in [-0.3, -0.25) is 4.79 Å². The van der Waals surface area contributed by atoms with Crippen molar-refractivity contribution >= 4 is 11.5 Å². The predicted molar refractivity (Wildman–Crippen MR) is 121 cm³/mol. The van der Waals surface area contributed by atoms with Gasteiger partial charge in [0, 0.05) is 13.6 Å². The van der Waals surface area contributed by atoms with Crippen LogP contribution in [0.4, 0.5) is 0 Å². The molecule has 0 bridgehead atoms. The number of carbonyl (C=O) groups excluding carboxylic acids is 1. The van der Waals surface area contributed by atoms with Crippen LogP contribution in [0, 0.1) is 0 Å². The van der Waals surface area contributed by atoms with E-state index in [1.165, 1.54) is 0 Å². The van der Waals surface area contributed by atoms with Gasteiger partial charge in [-0.15, -0.1) is 0 Å². The summed E-state index contributed by atoms with van der Waals surface area (Å²) < 4.78 is 7.39. The minimum absolute atomic E-state index is 0.142. The Balaban J connectivity index is 2.13. The van der Waals surface area contributed by atoms with E-state index in [1.807, 2.05) is 92.7 Å². The van der Waals surface area contributed by atoms with E-state index in [0.717, 1.165) is 16.8 Å². The second-order valence-corrected chi connectivity index (χ2v) is 6.87. The van der Waals surface area contributed by atoms with Gasteiger partial charge in [-0.2, -0.15) is 9.78 Å². The molecule has 0 radical (unpaired) electrons. The predicted octanol–water partition coefficient (Wildman–Crippen LogP) is 5.13. The average Bonchev–Trinajstić information content (AvgIpc) is 3.17. The number of nitrogens with zero attached hydrogens (tertiary/aromatic N) is 3. The number of carbonyl (C=O) groups is 1. The molecule has 1 heterocycles. The van der Waals surface area contributed by atoms with Crippen LogP contribution in [0.3, 0.4) is 0 Å². The van der Waals surface area contributed by atoms with Crippen molar-refractivity contribution in [3.8, 4) is 11.6 Å². The van der Waals surface area contributed by atoms with Crippen LogP contribution in [-0.4, -0.2) is 34.7 Å². The lowest BCUT2D eigenvalue weighted by Crippen LogP contribution is -2.27. The smallest absolute Gasteiger partial charge is 0.261 e. The van der Waals surface area contributed by atoms with Crippen LogP contribution in [0.1, 0.15) is 35.5 Å². The largest absolute Gasteiger partial charge is 0.480 e. The van der Waals surface area contributed by atoms with Gasteiger partial charge in [-0.25, -0.2) is 0 Å². The van der Waals surface area contributed by atoms with Gasteiger partial charge in [0.05, 0.1) is 12.8 Å². The molecule has 2 aromatic carbocycles. The fourth-order valence-electron chi connectivity index (χ4n) is 3.34. The lowest BCUT2D eigenvalue weighted by molar-refractivity contribution is 0.0781. The zero-order valence-corrected chi connectivity index (χ0v) is 17.9. The molecule has 0 aliphatic rings. The Morgan fingerprint density at radius 1 is 1.07 bits per heavy atom. The molecule has 0 unspecified atom stereocenters. The molecule has 5 nitrogen and oxygen atoms in total. The Labute approximate surface area is 177 Å². The highest BCUT2D eigenvalue weighted by atomic mass is 16.5. The van der Waals surface area contributed by atoms with Gasteiger partial charge in [0.1, 0.15) is 11.3 Å². The normalized spacial score (nSPS) is 11.7. The molecule has 154 valence electrons. The van der Waals surface area contributed by atoms with Crippen molar-refractivity contribution in [3.63, 3.8) is 0 Å². The molecule has 3 aromatic rings. The Bertz CT molecular complexity index is 1050. The van der Waals surface area contributed by atoms with Crippen LogP contribution in [0.5, 0.6) is 5.88 Å². The number of hydrogen-bond acceptors (Lipinski definition) is 3. The minimum atomic E-state index is -0.142. The minimum Gasteiger partial charge on any atom is -0.480 e. The Hall–Kier alpha value is -3.60. The zero-order chi connectivity index (χ0) is 21.5. The van der Waals surface area contributed by atoms with E-state index in [2.05, 4.69) is 0 Å². The van der Waals surface area contributed by atoms with Crippen LogP contribution in [0.15, 0.2) is 78.9 Å². The lowest BCUT2D eigenvalue weighted by atomic mass is 10.1. The maximum Gasteiger partial charge on any atom is 0.261 e. The third-order valence-corrected chi connectivity index (χ3v) is 4.79. The first kappa shape index (κ1) is 21.1. The summed E-state index contributed by atoms with van der Waals surface area (Å²) >= 11 is 0. The molecule has 0 spiro atoms. The van der Waals surface area contributed by atoms with Gasteiger partial charge >= 0.3 is 0 Å². The van der Waals surface area contributed by atoms with E-state index in [1.54, 1.807) is 23.7 Å². The number of para-hydroxylation sites is 1. The van der Waals surface area contributed by atoms with E-state index < -0.39 is 0 Å². The second-order valence-electron chi connectivity index (χ2n) is 6.87. The Morgan fingerprint density at radius 3 is 2.27 bits per heavy atom. The summed E-state index contributed by atoms with van der Waals surface area (Å²) in [7, 11) is 3.36. The van der Waals surface area contributed by atoms with Crippen molar-refractivity contribution in [2.24, 2.45) is 0 Å². The molecule has 1 amide bonds. The van der Waals surface area contributed by atoms with Gasteiger partial charge in [0.15, 0.2) is 0 Å². The van der Waals surface area contributed by atoms with E-state index >= 15 is 0 Å². The van der Waals surface area contributed by atoms with Gasteiger partial charge in [0.25, 0.3) is 5.91 Å². The monoisotopic (exact) mass is 401 g/mol. The lowest BCUT2D eigenvalue weighted by Gasteiger charge is -2.18. The van der Waals surface area contributed by atoms with Crippen LogP contribution >= 0.6 is 0 Å². The fraction of sp³-hybridized carbons (Fsp3) is 0.200. The summed E-state index contributed by atoms with van der Waals surface area (Å²) in [5.74, 6) is 0.279. The number of amides is 1. The molecule has 0 aliphatic heterocycles. The average molecular weight is 402 g/mol. The van der Waals surface area contributed by atoms with Crippen LogP contribution < -0.4 is 4.74 Å². The van der Waals surface area contributed by atoms with Crippen LogP contribution in [-0.2, 0) is 6.54 Å². The molecule has 1 aromatic heterocycles. The quantitative estimate of drug-likeness (QED) is 0.516. The molecule has 0 saturated carbocycles. The van der Waals surface area contributed by atoms with Gasteiger partial charge in [0.2, 0.25) is 5.88 Å². The first-order chi connectivity index (χ1) is 14.6. The molecular weight excluding hydrogens is 374 g/mol. The number of methoxy groups -OCH3 is 1. The first-order valence-corrected chi connectivity index (χ1v) is 9.91. The van der Waals surface area contributed by atoms with Crippen molar-refractivity contribution in [3.05, 3.63) is 95.7 Å². The highest BCUT2D eigenvalue weighted by Gasteiger charge is 2.29. The number of ether oxygens (including phenoxy) is 1. The third-order valence-electron chi connectivity index (χ3n) is 4.79. The van der Waals surface area contributed by atoms with Crippen LogP contribution in [0.25, 0.3) is 11.3 Å². The van der Waals surface area contributed by atoms with E-state index in [-0.39, 0.29) is 5.91 Å². The highest BCUT2D eigenvalue weighted by molar-refractivity contribution is 6.01. The summed E-state index contributed by atoms with van der Waals surface area (Å²) in [6.07, 6.45) is 5.83. The van der Waals surface area contributed by atoms with E-state index in [4.69, 9.17) is 9.84 Å². The fourth-order valence-corrected chi connectivity index (χ4v) is 3.34. The molecule has 3 rings (SSSR count). The molecule has 0 aliphatic carbocycles. The van der Waals surface area contributed by atoms with Gasteiger partial charge in [-0.05, 0) is 37.1 Å². The summed E-state index contributed by atoms with van der Waals surface area (Å²) in [5.41, 5.74) is 3.80. The SMILES string of the molecule is C/C=C\C(=C/C)c1nn(-c2ccccc2)c(OC)c1C(=O)N(C)Cc1ccccc1. The van der Waals surface area contributed by atoms with Crippen molar-refractivity contribution < 1.29 is 9.53 Å². The molecule has 5 heteroatoms. The van der Waals surface area contributed by atoms with Gasteiger partial charge < -0.3 is 9.64 Å². The van der Waals surface area contributed by atoms with Crippen molar-refractivity contribution in [2.75, 3.05) is 14.2 Å². The summed E-state index contributed by atoms with van der Waals surface area (Å²) in [5, 5.41) is 4.78. The molecule has 30 heavy (non-hydrogen) atoms. The molecule has 0 N–H and O–H groups in total. The number of allylic oxidation sites excluding steroid dienone is 4. The van der Waals surface area contributed by atoms with E-state index in [0.29, 0.717) is 23.7 Å². The first-order valence-electron chi connectivity index (χ1n) is 9.91. The topological polar surface area (TPSA) is 47.4 Å². The number of rotatable bonds is 7. The molecule has 0 fully saturated rings. The summed E-state index contributed by atoms with van der Waals surface area (Å²) in [6.45, 7) is 4.37. The Morgan fingerprint density at radius 2 is 1.70 bits per heavy atom. The number of benzene rings is 2. The maximum atomic E-state index is 13.6. The Kier molecular flexibility index (Phi) is 6.86. The van der Waals surface area contributed by atoms with Crippen molar-refractivity contribution in [1.82, 2.24) is 14.7 Å². The number of aromatic nitrogens is 2. The standard InChI is InChI=1S/C25H27N3O2/c1-5-13-20(6-2)23-22(24(29)27(3)18-19-14-9-7-10-15-19)25(30-4)28(26-23)21-16-11-8-12-17-21/h5-17H,18H2,1-4H3/b13-5-,20-6+. The van der Waals surface area contributed by atoms with E-state index in [9.17, 15) is 4.79 Å². The zero-order valence-electron chi connectivity index (χ0n) is 17.9. The molecule has 0 saturated heterocycles. The summed E-state index contributed by atoms with van der Waals surface area (Å²) in [4.78, 5) is 15.3. The van der Waals surface area contributed by atoms with Crippen molar-refractivity contribution in [1.29, 1.82) is 0 Å². The summed E-state index contributed by atoms with van der Waals surface area (Å²) in [6, 6.07) is 19.6. The highest BCUT2D eigenvalue weighted by Crippen LogP contribution is 2.32. The van der Waals surface area contributed by atoms with Crippen LogP contribution in [0.2, 0.25) is 0 Å². The van der Waals surface area contributed by atoms with Gasteiger partial charge in [-0.1, -0.05) is 66.8 Å². The third kappa shape index (κ3) is 4.35. The van der Waals surface area contributed by atoms with Crippen molar-refractivity contribution in [2.45, 2.75) is 20.4 Å². The second kappa shape index (κ2) is 9.74. The molecule has 0 atom stereocenters. The maximum absolute atomic E-state index is 13.6. The molecular formula is C25H27N3O2. The number of hydrogen-bond donors (Lipinski definition) is 0.